The van der Waals surface area contributed by atoms with Gasteiger partial charge < -0.3 is 66.9 Å². The van der Waals surface area contributed by atoms with Gasteiger partial charge in [0.25, 0.3) is 0 Å². The van der Waals surface area contributed by atoms with Gasteiger partial charge in [-0.05, 0) is 30.7 Å². The molecule has 1 N–H and O–H groups in total. The fourth-order valence-corrected chi connectivity index (χ4v) is 3.96. The first kappa shape index (κ1) is 48.5. The van der Waals surface area contributed by atoms with E-state index in [1.165, 1.54) is 6.92 Å². The number of esters is 2. The molecule has 0 unspecified atom stereocenters. The maximum absolute atomic E-state index is 12.1. The van der Waals surface area contributed by atoms with Crippen molar-refractivity contribution >= 4 is 17.6 Å². The largest absolute Gasteiger partial charge is 0.463 e. The first-order chi connectivity index (χ1) is 26.1. The number of unbranched alkanes of at least 4 members (excludes halogenated alkanes) is 1. The van der Waals surface area contributed by atoms with E-state index in [0.717, 1.165) is 25.1 Å². The second-order valence-corrected chi connectivity index (χ2v) is 11.1. The number of rotatable bonds is 41. The highest BCUT2D eigenvalue weighted by Crippen LogP contribution is 2.11. The number of nitrogens with one attached hydrogen (secondary N) is 1. The molecule has 16 heteroatoms. The van der Waals surface area contributed by atoms with E-state index < -0.39 is 0 Å². The summed E-state index contributed by atoms with van der Waals surface area (Å²) in [5, 5.41) is 3.32. The van der Waals surface area contributed by atoms with Crippen LogP contribution in [0.1, 0.15) is 37.0 Å². The zero-order valence-electron chi connectivity index (χ0n) is 32.0. The van der Waals surface area contributed by atoms with Crippen LogP contribution < -0.4 is 5.32 Å². The predicted octanol–water partition coefficient (Wildman–Crippen LogP) is 2.80. The van der Waals surface area contributed by atoms with Crippen LogP contribution in [-0.2, 0) is 66.4 Å². The van der Waals surface area contributed by atoms with Crippen molar-refractivity contribution in [2.24, 2.45) is 0 Å². The molecule has 16 nitrogen and oxygen atoms in total. The molecule has 0 spiro atoms. The van der Waals surface area contributed by atoms with Crippen LogP contribution in [0.15, 0.2) is 24.3 Å². The average Bonchev–Trinajstić information content (AvgIpc) is 3.16. The molecule has 0 aliphatic carbocycles. The summed E-state index contributed by atoms with van der Waals surface area (Å²) in [4.78, 5) is 22.7. The Morgan fingerprint density at radius 3 is 1.00 bits per heavy atom. The third-order valence-electron chi connectivity index (χ3n) is 6.69. The monoisotopic (exact) mass is 763 g/mol. The zero-order chi connectivity index (χ0) is 38.1. The maximum atomic E-state index is 12.1. The van der Waals surface area contributed by atoms with Crippen molar-refractivity contribution in [3.8, 4) is 0 Å². The minimum atomic E-state index is -0.365. The second kappa shape index (κ2) is 39.2. The van der Waals surface area contributed by atoms with Crippen LogP contribution in [0.4, 0.5) is 5.69 Å². The highest BCUT2D eigenvalue weighted by Gasteiger charge is 2.07. The molecule has 0 saturated carbocycles. The fourth-order valence-electron chi connectivity index (χ4n) is 3.96. The van der Waals surface area contributed by atoms with Crippen LogP contribution in [0.5, 0.6) is 0 Å². The summed E-state index contributed by atoms with van der Waals surface area (Å²) in [5.41, 5.74) is 1.51. The van der Waals surface area contributed by atoms with Crippen LogP contribution in [-0.4, -0.2) is 177 Å². The lowest BCUT2D eigenvalue weighted by atomic mass is 10.2. The van der Waals surface area contributed by atoms with Crippen LogP contribution in [0.3, 0.4) is 0 Å². The summed E-state index contributed by atoms with van der Waals surface area (Å²) in [6, 6.07) is 7.28. The van der Waals surface area contributed by atoms with Crippen molar-refractivity contribution < 1.29 is 71.2 Å². The summed E-state index contributed by atoms with van der Waals surface area (Å²) < 4.78 is 69.9. The number of benzene rings is 1. The Bertz CT molecular complexity index is 941. The Morgan fingerprint density at radius 1 is 0.434 bits per heavy atom. The Balaban J connectivity index is 1.68. The number of hydrogen-bond donors (Lipinski definition) is 1. The quantitative estimate of drug-likeness (QED) is 0.0764. The lowest BCUT2D eigenvalue weighted by Gasteiger charge is -2.09. The molecule has 0 amide bonds. The van der Waals surface area contributed by atoms with Gasteiger partial charge in [-0.3, -0.25) is 4.79 Å². The van der Waals surface area contributed by atoms with E-state index in [4.69, 9.17) is 61.6 Å². The van der Waals surface area contributed by atoms with Gasteiger partial charge in [-0.1, -0.05) is 13.3 Å². The molecule has 0 aliphatic heterocycles. The molecule has 0 atom stereocenters. The SMILES string of the molecule is CCCCNc1ccc(C(=O)OCCOCCOCCOCCOCCOCCOCCOCCOCCOCCOCCOCCOC(C)=O)cc1. The van der Waals surface area contributed by atoms with E-state index in [9.17, 15) is 9.59 Å². The molecule has 1 rings (SSSR count). The highest BCUT2D eigenvalue weighted by atomic mass is 16.6. The van der Waals surface area contributed by atoms with Crippen molar-refractivity contribution in [1.82, 2.24) is 0 Å². The number of carbonyl (C=O) groups excluding carboxylic acids is 2. The Morgan fingerprint density at radius 2 is 0.717 bits per heavy atom. The maximum Gasteiger partial charge on any atom is 0.338 e. The normalized spacial score (nSPS) is 11.2. The predicted molar refractivity (Wildman–Crippen MR) is 196 cm³/mol. The summed E-state index contributed by atoms with van der Waals surface area (Å²) in [6.45, 7) is 14.9. The molecule has 0 aliphatic rings. The Hall–Kier alpha value is -2.48. The molecular formula is C37H65NO15. The average molecular weight is 764 g/mol. The van der Waals surface area contributed by atoms with Gasteiger partial charge in [-0.2, -0.15) is 0 Å². The van der Waals surface area contributed by atoms with Crippen molar-refractivity contribution in [3.63, 3.8) is 0 Å². The molecule has 1 aromatic rings. The van der Waals surface area contributed by atoms with E-state index in [1.54, 1.807) is 12.1 Å². The van der Waals surface area contributed by atoms with E-state index >= 15 is 0 Å². The Kier molecular flexibility index (Phi) is 35.9. The summed E-state index contributed by atoms with van der Waals surface area (Å²) in [7, 11) is 0. The minimum absolute atomic E-state index is 0.185. The van der Waals surface area contributed by atoms with Crippen molar-refractivity contribution in [2.45, 2.75) is 26.7 Å². The van der Waals surface area contributed by atoms with Gasteiger partial charge in [-0.25, -0.2) is 4.79 Å². The number of carbonyl (C=O) groups is 2. The minimum Gasteiger partial charge on any atom is -0.463 e. The molecule has 53 heavy (non-hydrogen) atoms. The van der Waals surface area contributed by atoms with E-state index in [1.807, 2.05) is 12.1 Å². The summed E-state index contributed by atoms with van der Waals surface area (Å²) in [6.07, 6.45) is 2.24. The molecule has 0 aromatic heterocycles. The zero-order valence-corrected chi connectivity index (χ0v) is 32.0. The van der Waals surface area contributed by atoms with Gasteiger partial charge in [0.15, 0.2) is 0 Å². The van der Waals surface area contributed by atoms with Gasteiger partial charge in [0.05, 0.1) is 151 Å². The van der Waals surface area contributed by atoms with E-state index in [0.29, 0.717) is 151 Å². The van der Waals surface area contributed by atoms with Gasteiger partial charge >= 0.3 is 11.9 Å². The molecule has 0 saturated heterocycles. The smallest absolute Gasteiger partial charge is 0.338 e. The van der Waals surface area contributed by atoms with Crippen LogP contribution in [0.25, 0.3) is 0 Å². The summed E-state index contributed by atoms with van der Waals surface area (Å²) >= 11 is 0. The number of anilines is 1. The van der Waals surface area contributed by atoms with Crippen LogP contribution in [0.2, 0.25) is 0 Å². The van der Waals surface area contributed by atoms with Gasteiger partial charge in [0.1, 0.15) is 13.2 Å². The lowest BCUT2D eigenvalue weighted by Crippen LogP contribution is -2.16. The molecule has 1 aromatic carbocycles. The topological polar surface area (TPSA) is 166 Å². The van der Waals surface area contributed by atoms with Crippen molar-refractivity contribution in [1.29, 1.82) is 0 Å². The van der Waals surface area contributed by atoms with E-state index in [-0.39, 0.29) is 25.2 Å². The van der Waals surface area contributed by atoms with E-state index in [2.05, 4.69) is 12.2 Å². The second-order valence-electron chi connectivity index (χ2n) is 11.1. The molecule has 0 heterocycles. The van der Waals surface area contributed by atoms with Crippen molar-refractivity contribution in [2.75, 3.05) is 170 Å². The molecular weight excluding hydrogens is 698 g/mol. The molecule has 308 valence electrons. The fraction of sp³-hybridized carbons (Fsp3) is 0.784. The third kappa shape index (κ3) is 35.0. The Labute approximate surface area is 315 Å². The first-order valence-corrected chi connectivity index (χ1v) is 18.6. The van der Waals surface area contributed by atoms with Crippen LogP contribution in [0, 0.1) is 0 Å². The molecule has 0 bridgehead atoms. The van der Waals surface area contributed by atoms with Crippen molar-refractivity contribution in [3.05, 3.63) is 29.8 Å². The first-order valence-electron chi connectivity index (χ1n) is 18.6. The van der Waals surface area contributed by atoms with Gasteiger partial charge in [0, 0.05) is 19.2 Å². The number of hydrogen-bond acceptors (Lipinski definition) is 16. The van der Waals surface area contributed by atoms with Crippen LogP contribution >= 0.6 is 0 Å². The van der Waals surface area contributed by atoms with Gasteiger partial charge in [0.2, 0.25) is 0 Å². The van der Waals surface area contributed by atoms with Gasteiger partial charge in [-0.15, -0.1) is 0 Å². The summed E-state index contributed by atoms with van der Waals surface area (Å²) in [5.74, 6) is -0.680. The molecule has 0 fully saturated rings. The highest BCUT2D eigenvalue weighted by molar-refractivity contribution is 5.89. The standard InChI is InChI=1S/C37H65NO15/c1-3-4-9-38-36-7-5-35(6-8-36)37(40)53-33-31-51-29-27-49-25-23-47-21-19-45-17-15-43-13-11-41-10-12-42-14-16-44-18-20-46-22-24-48-26-28-50-30-32-52-34(2)39/h5-8,38H,3-4,9-33H2,1-2H3. The lowest BCUT2D eigenvalue weighted by molar-refractivity contribution is -0.142. The number of ether oxygens (including phenoxy) is 13. The third-order valence-corrected chi connectivity index (χ3v) is 6.69. The molecule has 0 radical (unpaired) electrons.